The summed E-state index contributed by atoms with van der Waals surface area (Å²) in [7, 11) is -3.21. The van der Waals surface area contributed by atoms with Crippen molar-refractivity contribution in [1.82, 2.24) is 10.6 Å². The number of phosphoric acid groups is 1. The number of aliphatic hydroxyl groups excluding tert-OH is 1. The normalized spacial score (nSPS) is 15.8. The molecule has 0 fully saturated rings. The van der Waals surface area contributed by atoms with Gasteiger partial charge in [-0.2, -0.15) is 0 Å². The van der Waals surface area contributed by atoms with Crippen LogP contribution in [0.5, 0.6) is 0 Å². The van der Waals surface area contributed by atoms with E-state index in [1.807, 2.05) is 0 Å². The third-order valence-corrected chi connectivity index (χ3v) is 4.37. The maximum absolute atomic E-state index is 12.0. The number of nitrogens with one attached hydrogen (secondary N) is 2. The molecule has 26 heavy (non-hydrogen) atoms. The minimum absolute atomic E-state index is 0.000219. The van der Waals surface area contributed by atoms with Gasteiger partial charge in [-0.25, -0.2) is 4.57 Å². The first-order chi connectivity index (χ1) is 11.9. The highest BCUT2D eigenvalue weighted by molar-refractivity contribution is 7.47. The molecule has 2 atom stereocenters. The molecular formula is C14H28N3O8P. The lowest BCUT2D eigenvalue weighted by atomic mass is 9.87. The summed E-state index contributed by atoms with van der Waals surface area (Å²) in [5.41, 5.74) is -0.684. The average Bonchev–Trinajstić information content (AvgIpc) is 2.59. The number of phosphoric ester groups is 1. The number of amides is 2. The van der Waals surface area contributed by atoms with Crippen LogP contribution in [-0.4, -0.2) is 65.6 Å². The highest BCUT2D eigenvalue weighted by atomic mass is 31.2. The van der Waals surface area contributed by atoms with E-state index < -0.39 is 31.9 Å². The van der Waals surface area contributed by atoms with Gasteiger partial charge >= 0.3 is 7.82 Å². The number of carbonyl (C=O) groups excluding carboxylic acids is 2. The molecule has 0 spiro atoms. The van der Waals surface area contributed by atoms with Crippen LogP contribution in [0.15, 0.2) is 5.16 Å². The van der Waals surface area contributed by atoms with Gasteiger partial charge < -0.3 is 25.8 Å². The van der Waals surface area contributed by atoms with Crippen molar-refractivity contribution >= 4 is 25.3 Å². The molecular weight excluding hydrogens is 369 g/mol. The van der Waals surface area contributed by atoms with Crippen LogP contribution in [0.3, 0.4) is 0 Å². The van der Waals surface area contributed by atoms with Crippen LogP contribution in [0.1, 0.15) is 33.6 Å². The van der Waals surface area contributed by atoms with E-state index in [-0.39, 0.29) is 18.9 Å². The molecule has 0 aliphatic heterocycles. The number of hydrogen-bond donors (Lipinski definition) is 5. The minimum Gasteiger partial charge on any atom is -0.411 e. The van der Waals surface area contributed by atoms with Gasteiger partial charge in [0.15, 0.2) is 0 Å². The quantitative estimate of drug-likeness (QED) is 0.133. The van der Waals surface area contributed by atoms with E-state index in [0.717, 1.165) is 7.11 Å². The Morgan fingerprint density at radius 3 is 2.35 bits per heavy atom. The highest BCUT2D eigenvalue weighted by Gasteiger charge is 2.36. The molecule has 0 aromatic heterocycles. The molecule has 1 unspecified atom stereocenters. The SMILES string of the molecule is COP(=O)(O)OCC(C)(C)[C@H](O)C(=O)NCCC(=O)NCC/C(C)=N/O. The molecule has 0 aliphatic rings. The van der Waals surface area contributed by atoms with Gasteiger partial charge in [0.25, 0.3) is 0 Å². The van der Waals surface area contributed by atoms with Crippen molar-refractivity contribution in [3.63, 3.8) is 0 Å². The van der Waals surface area contributed by atoms with Crippen molar-refractivity contribution in [2.45, 2.75) is 39.7 Å². The Morgan fingerprint density at radius 2 is 1.81 bits per heavy atom. The molecule has 0 aromatic carbocycles. The standard InChI is InChI=1S/C14H28N3O8P/c1-10(17-21)5-7-15-11(18)6-8-16-13(20)12(19)14(2,3)9-25-26(22,23)24-4/h12,19,21H,5-9H2,1-4H3,(H,15,18)(H,16,20)(H,22,23)/b17-10+/t12-/m1/s1. The lowest BCUT2D eigenvalue weighted by Crippen LogP contribution is -2.46. The topological polar surface area (TPSA) is 167 Å². The van der Waals surface area contributed by atoms with E-state index in [1.165, 1.54) is 13.8 Å². The molecule has 5 N–H and O–H groups in total. The molecule has 0 saturated heterocycles. The van der Waals surface area contributed by atoms with Gasteiger partial charge in [0.05, 0.1) is 12.3 Å². The minimum atomic E-state index is -4.21. The van der Waals surface area contributed by atoms with E-state index in [0.29, 0.717) is 18.7 Å². The Morgan fingerprint density at radius 1 is 1.23 bits per heavy atom. The number of hydrogen-bond acceptors (Lipinski definition) is 8. The largest absolute Gasteiger partial charge is 0.471 e. The second kappa shape index (κ2) is 11.2. The highest BCUT2D eigenvalue weighted by Crippen LogP contribution is 2.43. The smallest absolute Gasteiger partial charge is 0.411 e. The fourth-order valence-electron chi connectivity index (χ4n) is 1.65. The molecule has 0 radical (unpaired) electrons. The zero-order valence-electron chi connectivity index (χ0n) is 15.4. The molecule has 0 bridgehead atoms. The summed E-state index contributed by atoms with van der Waals surface area (Å²) in [5.74, 6) is -1.05. The molecule has 0 rings (SSSR count). The third kappa shape index (κ3) is 9.83. The maximum Gasteiger partial charge on any atom is 0.471 e. The van der Waals surface area contributed by atoms with E-state index >= 15 is 0 Å². The molecule has 0 saturated carbocycles. The van der Waals surface area contributed by atoms with Gasteiger partial charge in [0.2, 0.25) is 11.8 Å². The maximum atomic E-state index is 12.0. The summed E-state index contributed by atoms with van der Waals surface area (Å²) in [6, 6.07) is 0. The predicted molar refractivity (Wildman–Crippen MR) is 92.7 cm³/mol. The Kier molecular flexibility index (Phi) is 10.6. The third-order valence-electron chi connectivity index (χ3n) is 3.45. The lowest BCUT2D eigenvalue weighted by Gasteiger charge is -2.29. The summed E-state index contributed by atoms with van der Waals surface area (Å²) in [6.45, 7) is 4.48. The number of carbonyl (C=O) groups is 2. The molecule has 0 aromatic rings. The van der Waals surface area contributed by atoms with E-state index in [4.69, 9.17) is 5.21 Å². The summed E-state index contributed by atoms with van der Waals surface area (Å²) in [5, 5.41) is 26.5. The van der Waals surface area contributed by atoms with Gasteiger partial charge in [-0.05, 0) is 6.92 Å². The number of nitrogens with zero attached hydrogens (tertiary/aromatic N) is 1. The summed E-state index contributed by atoms with van der Waals surface area (Å²) in [6.07, 6.45) is -1.12. The van der Waals surface area contributed by atoms with E-state index in [9.17, 15) is 24.2 Å². The van der Waals surface area contributed by atoms with Crippen molar-refractivity contribution in [2.75, 3.05) is 26.8 Å². The summed E-state index contributed by atoms with van der Waals surface area (Å²) in [4.78, 5) is 32.7. The Balaban J connectivity index is 4.25. The van der Waals surface area contributed by atoms with Gasteiger partial charge in [-0.1, -0.05) is 19.0 Å². The molecule has 12 heteroatoms. The second-order valence-corrected chi connectivity index (χ2v) is 7.85. The molecule has 0 aliphatic carbocycles. The van der Waals surface area contributed by atoms with Crippen LogP contribution >= 0.6 is 7.82 Å². The number of aliphatic hydroxyl groups is 1. The Bertz CT molecular complexity index is 552. The van der Waals surface area contributed by atoms with Gasteiger partial charge in [-0.3, -0.25) is 18.6 Å². The zero-order valence-corrected chi connectivity index (χ0v) is 16.3. The van der Waals surface area contributed by atoms with Crippen LogP contribution in [-0.2, 0) is 23.2 Å². The van der Waals surface area contributed by atoms with Gasteiger partial charge in [0.1, 0.15) is 6.10 Å². The summed E-state index contributed by atoms with van der Waals surface area (Å²) < 4.78 is 20.2. The summed E-state index contributed by atoms with van der Waals surface area (Å²) >= 11 is 0. The zero-order chi connectivity index (χ0) is 20.4. The lowest BCUT2D eigenvalue weighted by molar-refractivity contribution is -0.137. The average molecular weight is 397 g/mol. The van der Waals surface area contributed by atoms with Crippen molar-refractivity contribution in [2.24, 2.45) is 10.6 Å². The molecule has 11 nitrogen and oxygen atoms in total. The van der Waals surface area contributed by atoms with Gasteiger partial charge in [0, 0.05) is 38.5 Å². The monoisotopic (exact) mass is 397 g/mol. The van der Waals surface area contributed by atoms with Crippen molar-refractivity contribution in [3.8, 4) is 0 Å². The molecule has 2 amide bonds. The molecule has 152 valence electrons. The number of rotatable bonds is 12. The van der Waals surface area contributed by atoms with E-state index in [2.05, 4.69) is 24.8 Å². The first-order valence-electron chi connectivity index (χ1n) is 7.88. The Hall–Kier alpha value is -1.52. The van der Waals surface area contributed by atoms with Crippen molar-refractivity contribution in [1.29, 1.82) is 0 Å². The second-order valence-electron chi connectivity index (χ2n) is 6.29. The Labute approximate surface area is 152 Å². The van der Waals surface area contributed by atoms with Crippen LogP contribution in [0.4, 0.5) is 0 Å². The van der Waals surface area contributed by atoms with Crippen LogP contribution < -0.4 is 10.6 Å². The van der Waals surface area contributed by atoms with Crippen molar-refractivity contribution in [3.05, 3.63) is 0 Å². The van der Waals surface area contributed by atoms with Crippen LogP contribution in [0.25, 0.3) is 0 Å². The van der Waals surface area contributed by atoms with Gasteiger partial charge in [-0.15, -0.1) is 0 Å². The fraction of sp³-hybridized carbons (Fsp3) is 0.786. The van der Waals surface area contributed by atoms with Crippen molar-refractivity contribution < 1.29 is 38.4 Å². The predicted octanol–water partition coefficient (Wildman–Crippen LogP) is -0.000400. The van der Waals surface area contributed by atoms with E-state index in [1.54, 1.807) is 6.92 Å². The number of oxime groups is 1. The fourth-order valence-corrected chi connectivity index (χ4v) is 2.25. The first kappa shape index (κ1) is 24.5. The molecule has 0 heterocycles. The van der Waals surface area contributed by atoms with Crippen LogP contribution in [0.2, 0.25) is 0 Å². The van der Waals surface area contributed by atoms with Crippen LogP contribution in [0, 0.1) is 5.41 Å². The first-order valence-corrected chi connectivity index (χ1v) is 9.38.